The first-order chi connectivity index (χ1) is 8.88. The molecule has 1 fully saturated rings. The minimum Gasteiger partial charge on any atom is -0.481 e. The molecule has 0 spiro atoms. The number of aliphatic carboxylic acids is 1. The third kappa shape index (κ3) is 4.70. The summed E-state index contributed by atoms with van der Waals surface area (Å²) in [5.41, 5.74) is -0.274. The maximum Gasteiger partial charge on any atom is 0.317 e. The van der Waals surface area contributed by atoms with Crippen LogP contribution in [0, 0.1) is 5.92 Å². The second-order valence-corrected chi connectivity index (χ2v) is 5.44. The fourth-order valence-electron chi connectivity index (χ4n) is 2.18. The Kier molecular flexibility index (Phi) is 5.60. The van der Waals surface area contributed by atoms with Crippen molar-refractivity contribution in [2.75, 3.05) is 26.7 Å². The van der Waals surface area contributed by atoms with E-state index in [-0.39, 0.29) is 11.6 Å². The molecule has 110 valence electrons. The van der Waals surface area contributed by atoms with Gasteiger partial charge in [-0.15, -0.1) is 0 Å². The quantitative estimate of drug-likeness (QED) is 0.791. The first-order valence-electron chi connectivity index (χ1n) is 6.69. The van der Waals surface area contributed by atoms with E-state index in [2.05, 4.69) is 5.32 Å². The molecule has 0 aliphatic carbocycles. The lowest BCUT2D eigenvalue weighted by Crippen LogP contribution is -2.52. The molecule has 19 heavy (non-hydrogen) atoms. The smallest absolute Gasteiger partial charge is 0.317 e. The number of carboxylic acid groups (broad SMARTS) is 1. The number of carbonyl (C=O) groups excluding carboxylic acids is 1. The van der Waals surface area contributed by atoms with Gasteiger partial charge in [0.05, 0.1) is 18.1 Å². The van der Waals surface area contributed by atoms with Gasteiger partial charge < -0.3 is 20.1 Å². The summed E-state index contributed by atoms with van der Waals surface area (Å²) in [6.07, 6.45) is 2.31. The van der Waals surface area contributed by atoms with Crippen molar-refractivity contribution in [1.82, 2.24) is 10.2 Å². The number of methoxy groups -OCH3 is 1. The minimum absolute atomic E-state index is 0.138. The number of carboxylic acids is 1. The third-order valence-corrected chi connectivity index (χ3v) is 3.71. The molecule has 0 aromatic heterocycles. The molecule has 0 radical (unpaired) electrons. The van der Waals surface area contributed by atoms with Crippen LogP contribution in [0.4, 0.5) is 4.79 Å². The molecule has 1 aliphatic rings. The summed E-state index contributed by atoms with van der Waals surface area (Å²) in [7, 11) is 1.66. The van der Waals surface area contributed by atoms with Gasteiger partial charge in [-0.1, -0.05) is 6.92 Å². The number of nitrogens with zero attached hydrogens (tertiary/aromatic N) is 1. The zero-order valence-corrected chi connectivity index (χ0v) is 11.9. The molecule has 6 heteroatoms. The van der Waals surface area contributed by atoms with Crippen molar-refractivity contribution >= 4 is 12.0 Å². The van der Waals surface area contributed by atoms with Crippen LogP contribution in [0.5, 0.6) is 0 Å². The largest absolute Gasteiger partial charge is 0.481 e. The summed E-state index contributed by atoms with van der Waals surface area (Å²) in [5.74, 6) is -1.27. The zero-order valence-electron chi connectivity index (χ0n) is 11.9. The average Bonchev–Trinajstić information content (AvgIpc) is 2.38. The lowest BCUT2D eigenvalue weighted by Gasteiger charge is -2.39. The van der Waals surface area contributed by atoms with Crippen molar-refractivity contribution < 1.29 is 19.4 Å². The van der Waals surface area contributed by atoms with Crippen LogP contribution < -0.4 is 5.32 Å². The van der Waals surface area contributed by atoms with Crippen LogP contribution in [0.3, 0.4) is 0 Å². The number of urea groups is 1. The Morgan fingerprint density at radius 3 is 2.79 bits per heavy atom. The molecular formula is C13H24N2O4. The third-order valence-electron chi connectivity index (χ3n) is 3.71. The van der Waals surface area contributed by atoms with Crippen LogP contribution >= 0.6 is 0 Å². The van der Waals surface area contributed by atoms with Crippen molar-refractivity contribution in [3.05, 3.63) is 0 Å². The number of rotatable bonds is 5. The Bertz CT molecular complexity index is 335. The number of likely N-dealkylation sites (tertiary alicyclic amines) is 1. The van der Waals surface area contributed by atoms with Crippen LogP contribution in [0.1, 0.15) is 33.1 Å². The van der Waals surface area contributed by atoms with Gasteiger partial charge in [0.25, 0.3) is 0 Å². The Morgan fingerprint density at radius 2 is 2.21 bits per heavy atom. The lowest BCUT2D eigenvalue weighted by molar-refractivity contribution is -0.141. The Morgan fingerprint density at radius 1 is 1.53 bits per heavy atom. The Labute approximate surface area is 114 Å². The molecule has 2 N–H and O–H groups in total. The topological polar surface area (TPSA) is 78.9 Å². The molecule has 1 aliphatic heterocycles. The van der Waals surface area contributed by atoms with Gasteiger partial charge in [0.15, 0.2) is 0 Å². The predicted octanol–water partition coefficient (Wildman–Crippen LogP) is 1.31. The molecule has 0 bridgehead atoms. The lowest BCUT2D eigenvalue weighted by atomic mass is 9.95. The fourth-order valence-corrected chi connectivity index (χ4v) is 2.18. The molecule has 0 aromatic rings. The van der Waals surface area contributed by atoms with E-state index in [1.54, 1.807) is 18.9 Å². The zero-order chi connectivity index (χ0) is 14.5. The van der Waals surface area contributed by atoms with Crippen LogP contribution in [-0.2, 0) is 9.53 Å². The van der Waals surface area contributed by atoms with Gasteiger partial charge >= 0.3 is 12.0 Å². The monoisotopic (exact) mass is 272 g/mol. The molecule has 2 atom stereocenters. The summed E-state index contributed by atoms with van der Waals surface area (Å²) in [6, 6.07) is -0.138. The van der Waals surface area contributed by atoms with E-state index < -0.39 is 11.9 Å². The highest BCUT2D eigenvalue weighted by Gasteiger charge is 2.32. The number of nitrogens with one attached hydrogen (secondary N) is 1. The maximum absolute atomic E-state index is 12.0. The van der Waals surface area contributed by atoms with Crippen molar-refractivity contribution in [2.24, 2.45) is 5.92 Å². The standard InChI is InChI=1S/C13H24N2O4/c1-10(11(16)17)5-7-14-12(18)15-8-4-6-13(2,9-15)19-3/h10H,4-9H2,1-3H3,(H,14,18)(H,16,17). The van der Waals surface area contributed by atoms with Crippen molar-refractivity contribution in [2.45, 2.75) is 38.7 Å². The number of ether oxygens (including phenoxy) is 1. The van der Waals surface area contributed by atoms with E-state index in [0.29, 0.717) is 19.5 Å². The van der Waals surface area contributed by atoms with Crippen LogP contribution in [0.25, 0.3) is 0 Å². The van der Waals surface area contributed by atoms with Gasteiger partial charge in [0, 0.05) is 20.2 Å². The van der Waals surface area contributed by atoms with Crippen LogP contribution in [-0.4, -0.2) is 54.4 Å². The van der Waals surface area contributed by atoms with E-state index in [1.807, 2.05) is 6.92 Å². The molecule has 0 saturated carbocycles. The number of hydrogen-bond donors (Lipinski definition) is 2. The van der Waals surface area contributed by atoms with Gasteiger partial charge in [-0.25, -0.2) is 4.79 Å². The van der Waals surface area contributed by atoms with E-state index >= 15 is 0 Å². The summed E-state index contributed by atoms with van der Waals surface area (Å²) in [5, 5.41) is 11.5. The van der Waals surface area contributed by atoms with E-state index in [4.69, 9.17) is 9.84 Å². The van der Waals surface area contributed by atoms with Gasteiger partial charge in [0.2, 0.25) is 0 Å². The Hall–Kier alpha value is -1.30. The van der Waals surface area contributed by atoms with E-state index in [9.17, 15) is 9.59 Å². The van der Waals surface area contributed by atoms with E-state index in [1.165, 1.54) is 0 Å². The SMILES string of the molecule is COC1(C)CCCN(C(=O)NCCC(C)C(=O)O)C1. The molecular weight excluding hydrogens is 248 g/mol. The van der Waals surface area contributed by atoms with E-state index in [0.717, 1.165) is 19.4 Å². The maximum atomic E-state index is 12.0. The molecule has 0 aromatic carbocycles. The first-order valence-corrected chi connectivity index (χ1v) is 6.69. The predicted molar refractivity (Wildman–Crippen MR) is 71.0 cm³/mol. The van der Waals surface area contributed by atoms with Gasteiger partial charge in [-0.05, 0) is 26.2 Å². The number of piperidine rings is 1. The number of carbonyl (C=O) groups is 2. The highest BCUT2D eigenvalue weighted by molar-refractivity contribution is 5.74. The van der Waals surface area contributed by atoms with Crippen molar-refractivity contribution in [1.29, 1.82) is 0 Å². The first kappa shape index (κ1) is 15.8. The molecule has 2 amide bonds. The van der Waals surface area contributed by atoms with Crippen molar-refractivity contribution in [3.63, 3.8) is 0 Å². The van der Waals surface area contributed by atoms with Crippen LogP contribution in [0.2, 0.25) is 0 Å². The van der Waals surface area contributed by atoms with Crippen LogP contribution in [0.15, 0.2) is 0 Å². The fraction of sp³-hybridized carbons (Fsp3) is 0.846. The summed E-state index contributed by atoms with van der Waals surface area (Å²) in [4.78, 5) is 24.4. The summed E-state index contributed by atoms with van der Waals surface area (Å²) < 4.78 is 5.43. The second kappa shape index (κ2) is 6.75. The average molecular weight is 272 g/mol. The Balaban J connectivity index is 2.35. The van der Waals surface area contributed by atoms with Gasteiger partial charge in [-0.2, -0.15) is 0 Å². The van der Waals surface area contributed by atoms with Gasteiger partial charge in [-0.3, -0.25) is 4.79 Å². The van der Waals surface area contributed by atoms with Crippen molar-refractivity contribution in [3.8, 4) is 0 Å². The second-order valence-electron chi connectivity index (χ2n) is 5.44. The molecule has 1 rings (SSSR count). The number of amides is 2. The molecule has 2 unspecified atom stereocenters. The minimum atomic E-state index is -0.834. The summed E-state index contributed by atoms with van der Waals surface area (Å²) >= 11 is 0. The molecule has 1 heterocycles. The molecule has 1 saturated heterocycles. The number of hydrogen-bond acceptors (Lipinski definition) is 3. The highest BCUT2D eigenvalue weighted by atomic mass is 16.5. The highest BCUT2D eigenvalue weighted by Crippen LogP contribution is 2.23. The molecule has 6 nitrogen and oxygen atoms in total. The summed E-state index contributed by atoms with van der Waals surface area (Å²) in [6.45, 7) is 5.31. The van der Waals surface area contributed by atoms with Gasteiger partial charge in [0.1, 0.15) is 0 Å². The normalized spacial score (nSPS) is 24.9.